The third-order valence-corrected chi connectivity index (χ3v) is 10.8. The molecule has 3 fully saturated rings. The van der Waals surface area contributed by atoms with Crippen LogP contribution in [0.2, 0.25) is 0 Å². The van der Waals surface area contributed by atoms with E-state index in [1.807, 2.05) is 0 Å². The van der Waals surface area contributed by atoms with Gasteiger partial charge in [0.2, 0.25) is 15.9 Å². The van der Waals surface area contributed by atoms with Gasteiger partial charge >= 0.3 is 6.09 Å². The summed E-state index contributed by atoms with van der Waals surface area (Å²) in [5.41, 5.74) is 0.801. The van der Waals surface area contributed by atoms with E-state index in [-0.39, 0.29) is 35.4 Å². The Kier molecular flexibility index (Phi) is 12.2. The van der Waals surface area contributed by atoms with Crippen molar-refractivity contribution in [3.63, 3.8) is 0 Å². The fourth-order valence-electron chi connectivity index (χ4n) is 6.54. The first kappa shape index (κ1) is 34.7. The molecule has 5 atom stereocenters. The van der Waals surface area contributed by atoms with E-state index in [9.17, 15) is 22.4 Å². The first-order valence-corrected chi connectivity index (χ1v) is 16.9. The number of alkyl carbamates (subject to hydrolysis) is 1. The highest BCUT2D eigenvalue weighted by Crippen LogP contribution is 2.36. The molecule has 3 saturated heterocycles. The maximum absolute atomic E-state index is 15.2. The van der Waals surface area contributed by atoms with Gasteiger partial charge in [-0.05, 0) is 75.8 Å². The average molecular weight is 652 g/mol. The van der Waals surface area contributed by atoms with Gasteiger partial charge in [0.15, 0.2) is 0 Å². The summed E-state index contributed by atoms with van der Waals surface area (Å²) in [5.74, 6) is -2.32. The van der Waals surface area contributed by atoms with Crippen molar-refractivity contribution < 1.29 is 36.3 Å². The summed E-state index contributed by atoms with van der Waals surface area (Å²) in [5, 5.41) is 8.80. The number of piperazine rings is 1. The number of nitrogens with zero attached hydrogens (tertiary/aromatic N) is 2. The number of methoxy groups -OCH3 is 1. The van der Waals surface area contributed by atoms with Crippen LogP contribution in [0.4, 0.5) is 13.6 Å². The minimum Gasteiger partial charge on any atom is -0.453 e. The molecule has 0 radical (unpaired) electrons. The zero-order chi connectivity index (χ0) is 32.6. The number of ether oxygens (including phenoxy) is 2. The summed E-state index contributed by atoms with van der Waals surface area (Å²) in [7, 11) is -2.27. The van der Waals surface area contributed by atoms with E-state index in [4.69, 9.17) is 9.47 Å². The molecular weight excluding hydrogens is 608 g/mol. The van der Waals surface area contributed by atoms with E-state index in [0.29, 0.717) is 57.6 Å². The van der Waals surface area contributed by atoms with Crippen LogP contribution in [0.1, 0.15) is 56.9 Å². The predicted molar refractivity (Wildman–Crippen MR) is 166 cm³/mol. The molecule has 2 amide bonds. The van der Waals surface area contributed by atoms with Crippen molar-refractivity contribution in [3.05, 3.63) is 58.9 Å². The Morgan fingerprint density at radius 3 is 2.60 bits per heavy atom. The molecule has 1 aromatic carbocycles. The summed E-state index contributed by atoms with van der Waals surface area (Å²) >= 11 is 0. The third-order valence-electron chi connectivity index (χ3n) is 8.84. The van der Waals surface area contributed by atoms with Crippen LogP contribution in [0.25, 0.3) is 0 Å². The molecular formula is C31H43F2N5O6S. The number of carbonyl (C=O) groups excluding carboxylic acids is 2. The molecule has 3 aliphatic rings. The fourth-order valence-corrected chi connectivity index (χ4v) is 8.34. The monoisotopic (exact) mass is 651 g/mol. The second-order valence-electron chi connectivity index (χ2n) is 11.7. The predicted octanol–water partition coefficient (Wildman–Crippen LogP) is 3.51. The topological polar surface area (TPSA) is 138 Å². The average Bonchev–Trinajstić information content (AvgIpc) is 3.13. The Morgan fingerprint density at radius 2 is 1.96 bits per heavy atom. The summed E-state index contributed by atoms with van der Waals surface area (Å²) in [6.45, 7) is 6.45. The van der Waals surface area contributed by atoms with Gasteiger partial charge in [-0.3, -0.25) is 9.79 Å². The summed E-state index contributed by atoms with van der Waals surface area (Å²) in [6.07, 6.45) is 3.31. The fraction of sp³-hybridized carbons (Fsp3) is 0.581. The Bertz CT molecular complexity index is 1380. The molecule has 248 valence electrons. The van der Waals surface area contributed by atoms with E-state index in [0.717, 1.165) is 6.42 Å². The number of carbonyl (C=O) groups is 2. The Hall–Kier alpha value is -3.20. The first-order valence-electron chi connectivity index (χ1n) is 15.3. The van der Waals surface area contributed by atoms with Crippen molar-refractivity contribution >= 4 is 28.7 Å². The van der Waals surface area contributed by atoms with Crippen molar-refractivity contribution in [2.45, 2.75) is 69.5 Å². The highest BCUT2D eigenvalue weighted by molar-refractivity contribution is 7.89. The largest absolute Gasteiger partial charge is 0.453 e. The van der Waals surface area contributed by atoms with Crippen molar-refractivity contribution in [1.29, 1.82) is 0 Å². The molecule has 3 N–H and O–H groups in total. The molecule has 11 nitrogen and oxygen atoms in total. The van der Waals surface area contributed by atoms with Gasteiger partial charge in [-0.15, -0.1) is 0 Å². The smallest absolute Gasteiger partial charge is 0.407 e. The van der Waals surface area contributed by atoms with Crippen LogP contribution in [0.5, 0.6) is 0 Å². The summed E-state index contributed by atoms with van der Waals surface area (Å²) < 4.78 is 66.8. The van der Waals surface area contributed by atoms with Gasteiger partial charge in [0.05, 0.1) is 24.8 Å². The van der Waals surface area contributed by atoms with E-state index in [2.05, 4.69) is 27.7 Å². The summed E-state index contributed by atoms with van der Waals surface area (Å²) in [4.78, 5) is 30.4. The molecule has 45 heavy (non-hydrogen) atoms. The first-order chi connectivity index (χ1) is 21.5. The van der Waals surface area contributed by atoms with Crippen molar-refractivity contribution in [2.24, 2.45) is 10.9 Å². The van der Waals surface area contributed by atoms with Crippen LogP contribution < -0.4 is 16.0 Å². The lowest BCUT2D eigenvalue weighted by Crippen LogP contribution is -2.57. The molecule has 3 aliphatic heterocycles. The Morgan fingerprint density at radius 1 is 1.24 bits per heavy atom. The number of sulfonamides is 1. The number of allylic oxidation sites excluding steroid dienone is 2. The molecule has 4 rings (SSSR count). The number of rotatable bonds is 11. The van der Waals surface area contributed by atoms with Crippen LogP contribution in [0.15, 0.2) is 52.6 Å². The minimum absolute atomic E-state index is 0.0388. The maximum Gasteiger partial charge on any atom is 0.407 e. The van der Waals surface area contributed by atoms with Gasteiger partial charge < -0.3 is 25.4 Å². The number of hydrogen-bond donors (Lipinski definition) is 3. The molecule has 0 spiro atoms. The lowest BCUT2D eigenvalue weighted by molar-refractivity contribution is -0.123. The molecule has 0 aromatic heterocycles. The van der Waals surface area contributed by atoms with Crippen LogP contribution in [-0.2, 0) is 24.3 Å². The Balaban J connectivity index is 1.60. The van der Waals surface area contributed by atoms with Crippen molar-refractivity contribution in [1.82, 2.24) is 20.3 Å². The number of benzene rings is 1. The highest BCUT2D eigenvalue weighted by atomic mass is 32.2. The molecule has 0 aliphatic carbocycles. The third kappa shape index (κ3) is 8.96. The second kappa shape index (κ2) is 15.9. The van der Waals surface area contributed by atoms with Gasteiger partial charge in [0, 0.05) is 49.9 Å². The maximum atomic E-state index is 15.2. The van der Waals surface area contributed by atoms with Crippen LogP contribution in [0, 0.1) is 11.7 Å². The van der Waals surface area contributed by atoms with Gasteiger partial charge in [-0.1, -0.05) is 12.1 Å². The highest BCUT2D eigenvalue weighted by Gasteiger charge is 2.40. The van der Waals surface area contributed by atoms with E-state index >= 15 is 4.39 Å². The number of halogens is 2. The van der Waals surface area contributed by atoms with Crippen LogP contribution in [-0.4, -0.2) is 88.7 Å². The zero-order valence-electron chi connectivity index (χ0n) is 25.8. The molecule has 1 aromatic rings. The van der Waals surface area contributed by atoms with Crippen molar-refractivity contribution in [2.75, 3.05) is 39.2 Å². The summed E-state index contributed by atoms with van der Waals surface area (Å²) in [6, 6.07) is 4.24. The number of aliphatic imine (C=N–C) groups is 1. The SMILES string of the molecule is C=N/C=C(NC(=O)[C@@H](NC(=O)OC)[C@@H](c1ccc(F)cc1)C1CCOCC1)\C(CC[C@H]1CN[C@@H]2CCCS(=O)(=O)N1C2)=C(/C)F. The van der Waals surface area contributed by atoms with Crippen LogP contribution in [0.3, 0.4) is 0 Å². The minimum atomic E-state index is -3.45. The van der Waals surface area contributed by atoms with E-state index in [1.165, 1.54) is 36.7 Å². The van der Waals surface area contributed by atoms with Crippen molar-refractivity contribution in [3.8, 4) is 0 Å². The number of hydrogen-bond acceptors (Lipinski definition) is 8. The molecule has 0 saturated carbocycles. The normalized spacial score (nSPS) is 25.6. The van der Waals surface area contributed by atoms with Gasteiger partial charge in [-0.25, -0.2) is 22.0 Å². The molecule has 1 unspecified atom stereocenters. The molecule has 14 heteroatoms. The van der Waals surface area contributed by atoms with E-state index < -0.39 is 51.7 Å². The molecule has 3 heterocycles. The van der Waals surface area contributed by atoms with Gasteiger partial charge in [0.25, 0.3) is 0 Å². The number of fused-ring (bicyclic) bond motifs is 2. The number of amides is 2. The standard InChI is InChI=1S/C31H43F2N5O6S/c1-20(32)26(11-10-25-17-35-24-5-4-16-45(41,42)38(25)19-24)27(18-34-2)36-30(39)29(37-31(40)43-3)28(22-12-14-44-15-13-22)21-6-8-23(33)9-7-21/h6-9,18,22,24-25,28-29,35H,2,4-5,10-17,19H2,1,3H3,(H,36,39)(H,37,40)/b26-20+,27-18+/t24-,25+,28+,29+/m1/s1. The lowest BCUT2D eigenvalue weighted by atomic mass is 9.76. The van der Waals surface area contributed by atoms with Gasteiger partial charge in [-0.2, -0.15) is 4.31 Å². The molecule has 2 bridgehead atoms. The van der Waals surface area contributed by atoms with Crippen LogP contribution >= 0.6 is 0 Å². The lowest BCUT2D eigenvalue weighted by Gasteiger charge is -2.38. The second-order valence-corrected chi connectivity index (χ2v) is 13.7. The zero-order valence-corrected chi connectivity index (χ0v) is 26.6. The Labute approximate surface area is 263 Å². The quantitative estimate of drug-likeness (QED) is 0.246. The number of nitrogens with one attached hydrogen (secondary N) is 3. The van der Waals surface area contributed by atoms with E-state index in [1.54, 1.807) is 12.1 Å². The van der Waals surface area contributed by atoms with Gasteiger partial charge in [0.1, 0.15) is 17.7 Å².